The molecule has 0 aliphatic carbocycles. The van der Waals surface area contributed by atoms with E-state index in [0.717, 1.165) is 4.90 Å². The van der Waals surface area contributed by atoms with E-state index in [2.05, 4.69) is 10.1 Å². The lowest BCUT2D eigenvalue weighted by molar-refractivity contribution is -0.116. The molecule has 5 nitrogen and oxygen atoms in total. The third kappa shape index (κ3) is 4.10. The molecule has 0 aliphatic heterocycles. The van der Waals surface area contributed by atoms with E-state index in [-0.39, 0.29) is 18.3 Å². The second kappa shape index (κ2) is 5.83. The number of carbonyl (C=O) groups excluding carboxylic acids is 2. The molecular weight excluding hydrogens is 227 g/mol. The summed E-state index contributed by atoms with van der Waals surface area (Å²) in [5, 5.41) is 2.52. The fourth-order valence-electron chi connectivity index (χ4n) is 1.17. The molecule has 0 radical (unpaired) electrons. The summed E-state index contributed by atoms with van der Waals surface area (Å²) in [6, 6.07) is 5.34. The SMILES string of the molecule is COC(=O)N(C)CC(=O)Nc1ccc(F)cc1. The van der Waals surface area contributed by atoms with Crippen LogP contribution in [0.2, 0.25) is 0 Å². The summed E-state index contributed by atoms with van der Waals surface area (Å²) in [7, 11) is 2.67. The van der Waals surface area contributed by atoms with Crippen LogP contribution >= 0.6 is 0 Å². The second-order valence-corrected chi connectivity index (χ2v) is 3.38. The van der Waals surface area contributed by atoms with Gasteiger partial charge in [0, 0.05) is 12.7 Å². The summed E-state index contributed by atoms with van der Waals surface area (Å²) in [6.07, 6.45) is -0.598. The van der Waals surface area contributed by atoms with Crippen molar-refractivity contribution < 1.29 is 18.7 Å². The number of nitrogens with zero attached hydrogens (tertiary/aromatic N) is 1. The van der Waals surface area contributed by atoms with Gasteiger partial charge in [-0.3, -0.25) is 4.79 Å². The van der Waals surface area contributed by atoms with Crippen LogP contribution < -0.4 is 5.32 Å². The average Bonchev–Trinajstić information content (AvgIpc) is 2.30. The highest BCUT2D eigenvalue weighted by molar-refractivity contribution is 5.93. The molecule has 1 rings (SSSR count). The molecule has 1 aromatic carbocycles. The van der Waals surface area contributed by atoms with Crippen LogP contribution in [0.5, 0.6) is 0 Å². The number of amides is 2. The van der Waals surface area contributed by atoms with Gasteiger partial charge in [0.1, 0.15) is 12.4 Å². The van der Waals surface area contributed by atoms with Crippen LogP contribution in [0.4, 0.5) is 14.9 Å². The second-order valence-electron chi connectivity index (χ2n) is 3.38. The van der Waals surface area contributed by atoms with E-state index in [0.29, 0.717) is 5.69 Å². The molecule has 17 heavy (non-hydrogen) atoms. The van der Waals surface area contributed by atoms with Crippen molar-refractivity contribution in [1.29, 1.82) is 0 Å². The summed E-state index contributed by atoms with van der Waals surface area (Å²) in [4.78, 5) is 23.6. The highest BCUT2D eigenvalue weighted by Crippen LogP contribution is 2.07. The predicted octanol–water partition coefficient (Wildman–Crippen LogP) is 1.46. The van der Waals surface area contributed by atoms with Gasteiger partial charge in [-0.15, -0.1) is 0 Å². The van der Waals surface area contributed by atoms with E-state index in [1.165, 1.54) is 38.4 Å². The quantitative estimate of drug-likeness (QED) is 0.870. The normalized spacial score (nSPS) is 9.59. The number of methoxy groups -OCH3 is 1. The van der Waals surface area contributed by atoms with E-state index >= 15 is 0 Å². The van der Waals surface area contributed by atoms with Gasteiger partial charge < -0.3 is 15.0 Å². The summed E-state index contributed by atoms with van der Waals surface area (Å²) in [5.74, 6) is -0.765. The van der Waals surface area contributed by atoms with Gasteiger partial charge in [0.2, 0.25) is 5.91 Å². The molecule has 6 heteroatoms. The molecule has 0 bridgehead atoms. The third-order valence-electron chi connectivity index (χ3n) is 2.00. The van der Waals surface area contributed by atoms with Crippen LogP contribution in [0.15, 0.2) is 24.3 Å². The van der Waals surface area contributed by atoms with Crippen molar-refractivity contribution in [3.8, 4) is 0 Å². The molecular formula is C11H13FN2O3. The molecule has 2 amide bonds. The first kappa shape index (κ1) is 13.0. The Bertz CT molecular complexity index is 406. The maximum atomic E-state index is 12.6. The van der Waals surface area contributed by atoms with Crippen LogP contribution in [-0.2, 0) is 9.53 Å². The van der Waals surface area contributed by atoms with Crippen molar-refractivity contribution in [2.24, 2.45) is 0 Å². The minimum atomic E-state index is -0.598. The lowest BCUT2D eigenvalue weighted by Gasteiger charge is -2.14. The van der Waals surface area contributed by atoms with Crippen molar-refractivity contribution in [2.75, 3.05) is 26.0 Å². The first-order valence-corrected chi connectivity index (χ1v) is 4.87. The van der Waals surface area contributed by atoms with Gasteiger partial charge in [0.05, 0.1) is 7.11 Å². The lowest BCUT2D eigenvalue weighted by Crippen LogP contribution is -2.34. The van der Waals surface area contributed by atoms with E-state index < -0.39 is 6.09 Å². The highest BCUT2D eigenvalue weighted by atomic mass is 19.1. The Labute approximate surface area is 98.2 Å². The molecule has 1 aromatic rings. The van der Waals surface area contributed by atoms with E-state index in [4.69, 9.17) is 0 Å². The number of hydrogen-bond acceptors (Lipinski definition) is 3. The molecule has 0 aliphatic rings. The number of nitrogens with one attached hydrogen (secondary N) is 1. The molecule has 0 unspecified atom stereocenters. The van der Waals surface area contributed by atoms with Crippen molar-refractivity contribution in [3.63, 3.8) is 0 Å². The zero-order chi connectivity index (χ0) is 12.8. The summed E-state index contributed by atoms with van der Waals surface area (Å²) in [6.45, 7) is -0.135. The number of carbonyl (C=O) groups is 2. The topological polar surface area (TPSA) is 58.6 Å². The lowest BCUT2D eigenvalue weighted by atomic mass is 10.3. The number of benzene rings is 1. The Morgan fingerprint density at radius 2 is 1.94 bits per heavy atom. The zero-order valence-electron chi connectivity index (χ0n) is 9.57. The zero-order valence-corrected chi connectivity index (χ0v) is 9.57. The Morgan fingerprint density at radius 3 is 2.47 bits per heavy atom. The number of hydrogen-bond donors (Lipinski definition) is 1. The van der Waals surface area contributed by atoms with Gasteiger partial charge in [0.15, 0.2) is 0 Å². The molecule has 92 valence electrons. The number of ether oxygens (including phenoxy) is 1. The van der Waals surface area contributed by atoms with Gasteiger partial charge in [-0.25, -0.2) is 9.18 Å². The Hall–Kier alpha value is -2.11. The van der Waals surface area contributed by atoms with E-state index in [1.807, 2.05) is 0 Å². The fraction of sp³-hybridized carbons (Fsp3) is 0.273. The Kier molecular flexibility index (Phi) is 4.45. The Morgan fingerprint density at radius 1 is 1.35 bits per heavy atom. The largest absolute Gasteiger partial charge is 0.453 e. The molecule has 0 heterocycles. The van der Waals surface area contributed by atoms with E-state index in [1.54, 1.807) is 0 Å². The minimum absolute atomic E-state index is 0.135. The number of anilines is 1. The number of rotatable bonds is 3. The molecule has 0 saturated heterocycles. The molecule has 0 atom stereocenters. The predicted molar refractivity (Wildman–Crippen MR) is 60.1 cm³/mol. The van der Waals surface area contributed by atoms with Crippen molar-refractivity contribution in [3.05, 3.63) is 30.1 Å². The van der Waals surface area contributed by atoms with Crippen LogP contribution in [-0.4, -0.2) is 37.6 Å². The summed E-state index contributed by atoms with van der Waals surface area (Å²) >= 11 is 0. The van der Waals surface area contributed by atoms with Crippen LogP contribution in [0.25, 0.3) is 0 Å². The maximum absolute atomic E-state index is 12.6. The summed E-state index contributed by atoms with van der Waals surface area (Å²) in [5.41, 5.74) is 0.467. The van der Waals surface area contributed by atoms with Crippen molar-refractivity contribution in [1.82, 2.24) is 4.90 Å². The molecule has 1 N–H and O–H groups in total. The van der Waals surface area contributed by atoms with Crippen LogP contribution in [0, 0.1) is 5.82 Å². The number of halogens is 1. The third-order valence-corrected chi connectivity index (χ3v) is 2.00. The summed E-state index contributed by atoms with van der Waals surface area (Å²) < 4.78 is 17.0. The first-order valence-electron chi connectivity index (χ1n) is 4.87. The Balaban J connectivity index is 2.50. The van der Waals surface area contributed by atoms with Crippen molar-refractivity contribution in [2.45, 2.75) is 0 Å². The average molecular weight is 240 g/mol. The fourth-order valence-corrected chi connectivity index (χ4v) is 1.17. The molecule has 0 aromatic heterocycles. The van der Waals surface area contributed by atoms with Crippen LogP contribution in [0.3, 0.4) is 0 Å². The van der Waals surface area contributed by atoms with Gasteiger partial charge in [-0.2, -0.15) is 0 Å². The molecule has 0 saturated carbocycles. The molecule has 0 fully saturated rings. The highest BCUT2D eigenvalue weighted by Gasteiger charge is 2.12. The number of likely N-dealkylation sites (N-methyl/N-ethyl adjacent to an activating group) is 1. The van der Waals surface area contributed by atoms with E-state index in [9.17, 15) is 14.0 Å². The molecule has 0 spiro atoms. The van der Waals surface area contributed by atoms with Gasteiger partial charge >= 0.3 is 6.09 Å². The van der Waals surface area contributed by atoms with Gasteiger partial charge in [-0.05, 0) is 24.3 Å². The standard InChI is InChI=1S/C11H13FN2O3/c1-14(11(16)17-2)7-10(15)13-9-5-3-8(12)4-6-9/h3-6H,7H2,1-2H3,(H,13,15). The monoisotopic (exact) mass is 240 g/mol. The minimum Gasteiger partial charge on any atom is -0.453 e. The maximum Gasteiger partial charge on any atom is 0.409 e. The van der Waals surface area contributed by atoms with Crippen molar-refractivity contribution >= 4 is 17.7 Å². The van der Waals surface area contributed by atoms with Gasteiger partial charge in [-0.1, -0.05) is 0 Å². The van der Waals surface area contributed by atoms with Crippen LogP contribution in [0.1, 0.15) is 0 Å². The first-order chi connectivity index (χ1) is 8.02. The smallest absolute Gasteiger partial charge is 0.409 e. The van der Waals surface area contributed by atoms with Gasteiger partial charge in [0.25, 0.3) is 0 Å².